The molecule has 5 nitrogen and oxygen atoms in total. The van der Waals surface area contributed by atoms with E-state index in [9.17, 15) is 13.2 Å². The van der Waals surface area contributed by atoms with E-state index in [1.165, 1.54) is 17.7 Å². The van der Waals surface area contributed by atoms with Crippen molar-refractivity contribution in [1.29, 1.82) is 0 Å². The van der Waals surface area contributed by atoms with Gasteiger partial charge in [-0.2, -0.15) is 0 Å². The van der Waals surface area contributed by atoms with Crippen LogP contribution in [-0.4, -0.2) is 53.0 Å². The Morgan fingerprint density at radius 1 is 0.878 bits per heavy atom. The van der Waals surface area contributed by atoms with Gasteiger partial charge in [-0.1, -0.05) is 48.0 Å². The van der Waals surface area contributed by atoms with Crippen molar-refractivity contribution in [2.75, 3.05) is 26.2 Å². The minimum Gasteiger partial charge on any atom is -0.406 e. The third-order valence-electron chi connectivity index (χ3n) is 8.36. The second-order valence-electron chi connectivity index (χ2n) is 11.2. The highest BCUT2D eigenvalue weighted by atomic mass is 35.5. The van der Waals surface area contributed by atoms with Crippen molar-refractivity contribution < 1.29 is 17.9 Å². The van der Waals surface area contributed by atoms with E-state index < -0.39 is 6.36 Å². The second kappa shape index (κ2) is 11.7. The SMILES string of the molecule is N[C@@H]1CCC(n2cc(-c3ccc(OC(F)(F)F)cc3)c3cc(CN4CCN(Cc5ccccc5Cl)CC4)ccc32)C1. The van der Waals surface area contributed by atoms with E-state index in [1.807, 2.05) is 18.2 Å². The third-order valence-corrected chi connectivity index (χ3v) is 8.73. The maximum absolute atomic E-state index is 12.7. The predicted molar refractivity (Wildman–Crippen MR) is 157 cm³/mol. The van der Waals surface area contributed by atoms with Crippen LogP contribution in [0.1, 0.15) is 36.4 Å². The monoisotopic (exact) mass is 582 g/mol. The lowest BCUT2D eigenvalue weighted by atomic mass is 10.0. The summed E-state index contributed by atoms with van der Waals surface area (Å²) >= 11 is 6.37. The van der Waals surface area contributed by atoms with E-state index in [4.69, 9.17) is 17.3 Å². The number of benzene rings is 3. The molecule has 9 heteroatoms. The first-order chi connectivity index (χ1) is 19.7. The van der Waals surface area contributed by atoms with Crippen LogP contribution in [0, 0.1) is 0 Å². The highest BCUT2D eigenvalue weighted by Crippen LogP contribution is 2.39. The van der Waals surface area contributed by atoms with E-state index in [0.29, 0.717) is 6.04 Å². The summed E-state index contributed by atoms with van der Waals surface area (Å²) in [5.74, 6) is -0.221. The maximum atomic E-state index is 12.7. The van der Waals surface area contributed by atoms with E-state index in [-0.39, 0.29) is 11.8 Å². The van der Waals surface area contributed by atoms with Gasteiger partial charge in [-0.15, -0.1) is 13.2 Å². The smallest absolute Gasteiger partial charge is 0.406 e. The number of hydrogen-bond acceptors (Lipinski definition) is 4. The molecule has 0 radical (unpaired) electrons. The van der Waals surface area contributed by atoms with Crippen LogP contribution in [0.3, 0.4) is 0 Å². The zero-order valence-corrected chi connectivity index (χ0v) is 23.5. The average Bonchev–Trinajstić information content (AvgIpc) is 3.54. The molecule has 2 aliphatic rings. The van der Waals surface area contributed by atoms with Crippen LogP contribution in [0.4, 0.5) is 13.2 Å². The van der Waals surface area contributed by atoms with Crippen molar-refractivity contribution in [3.8, 4) is 16.9 Å². The largest absolute Gasteiger partial charge is 0.573 e. The molecule has 0 spiro atoms. The van der Waals surface area contributed by atoms with Gasteiger partial charge in [0.05, 0.1) is 0 Å². The van der Waals surface area contributed by atoms with Gasteiger partial charge < -0.3 is 15.0 Å². The Hall–Kier alpha value is -3.04. The molecule has 0 bridgehead atoms. The highest BCUT2D eigenvalue weighted by molar-refractivity contribution is 6.31. The fourth-order valence-electron chi connectivity index (χ4n) is 6.24. The molecule has 2 fully saturated rings. The first-order valence-electron chi connectivity index (χ1n) is 14.2. The number of halogens is 4. The lowest BCUT2D eigenvalue weighted by molar-refractivity contribution is -0.274. The summed E-state index contributed by atoms with van der Waals surface area (Å²) in [5, 5.41) is 1.91. The molecular formula is C32H34ClF3N4O. The van der Waals surface area contributed by atoms with E-state index in [0.717, 1.165) is 91.1 Å². The molecule has 1 saturated heterocycles. The van der Waals surface area contributed by atoms with Gasteiger partial charge in [-0.3, -0.25) is 9.80 Å². The Balaban J connectivity index is 1.22. The van der Waals surface area contributed by atoms with Crippen LogP contribution < -0.4 is 10.5 Å². The van der Waals surface area contributed by atoms with Crippen LogP contribution in [0.15, 0.2) is 72.9 Å². The van der Waals surface area contributed by atoms with Gasteiger partial charge in [0, 0.05) is 79.0 Å². The number of nitrogens with two attached hydrogens (primary N) is 1. The third kappa shape index (κ3) is 6.56. The number of aromatic nitrogens is 1. The molecular weight excluding hydrogens is 549 g/mol. The molecule has 2 heterocycles. The lowest BCUT2D eigenvalue weighted by Gasteiger charge is -2.35. The van der Waals surface area contributed by atoms with Crippen molar-refractivity contribution in [2.24, 2.45) is 5.73 Å². The second-order valence-corrected chi connectivity index (χ2v) is 11.7. The van der Waals surface area contributed by atoms with Crippen molar-refractivity contribution in [2.45, 2.75) is 50.8 Å². The summed E-state index contributed by atoms with van der Waals surface area (Å²) in [6, 6.07) is 21.3. The zero-order chi connectivity index (χ0) is 28.6. The highest BCUT2D eigenvalue weighted by Gasteiger charge is 2.31. The number of nitrogens with zero attached hydrogens (tertiary/aromatic N) is 3. The standard InChI is InChI=1S/C32H34ClF3N4O/c33-30-4-2-1-3-24(30)20-39-15-13-38(14-16-39)19-22-5-12-31-28(17-22)29(21-40(31)26-9-8-25(37)18-26)23-6-10-27(11-7-23)41-32(34,35)36/h1-7,10-12,17,21,25-26H,8-9,13-16,18-20,37H2/t25-,26?/m1/s1. The van der Waals surface area contributed by atoms with Crippen LogP contribution in [-0.2, 0) is 13.1 Å². The fraction of sp³-hybridized carbons (Fsp3) is 0.375. The van der Waals surface area contributed by atoms with Gasteiger partial charge in [-0.05, 0) is 66.3 Å². The molecule has 4 aromatic rings. The molecule has 1 saturated carbocycles. The molecule has 41 heavy (non-hydrogen) atoms. The maximum Gasteiger partial charge on any atom is 0.573 e. The quantitative estimate of drug-likeness (QED) is 0.250. The van der Waals surface area contributed by atoms with Crippen LogP contribution >= 0.6 is 11.6 Å². The molecule has 1 aromatic heterocycles. The summed E-state index contributed by atoms with van der Waals surface area (Å²) < 4.78 is 44.5. The normalized spacial score (nSPS) is 20.6. The Kier molecular flexibility index (Phi) is 8.01. The van der Waals surface area contributed by atoms with Gasteiger partial charge in [0.25, 0.3) is 0 Å². The molecule has 216 valence electrons. The van der Waals surface area contributed by atoms with E-state index in [2.05, 4.69) is 49.6 Å². The summed E-state index contributed by atoms with van der Waals surface area (Å²) in [7, 11) is 0. The molecule has 1 aliphatic heterocycles. The van der Waals surface area contributed by atoms with Gasteiger partial charge in [0.15, 0.2) is 0 Å². The molecule has 2 atom stereocenters. The first-order valence-corrected chi connectivity index (χ1v) is 14.5. The topological polar surface area (TPSA) is 46.7 Å². The number of hydrogen-bond donors (Lipinski definition) is 1. The minimum absolute atomic E-state index is 0.190. The van der Waals surface area contributed by atoms with Crippen molar-refractivity contribution in [1.82, 2.24) is 14.4 Å². The van der Waals surface area contributed by atoms with Crippen LogP contribution in [0.5, 0.6) is 5.75 Å². The van der Waals surface area contributed by atoms with Crippen molar-refractivity contribution >= 4 is 22.5 Å². The molecule has 1 aliphatic carbocycles. The average molecular weight is 583 g/mol. The Labute approximate surface area is 243 Å². The summed E-state index contributed by atoms with van der Waals surface area (Å²) in [6.45, 7) is 5.59. The Bertz CT molecular complexity index is 1500. The van der Waals surface area contributed by atoms with Gasteiger partial charge in [-0.25, -0.2) is 0 Å². The van der Waals surface area contributed by atoms with Crippen LogP contribution in [0.2, 0.25) is 5.02 Å². The summed E-state index contributed by atoms with van der Waals surface area (Å²) in [4.78, 5) is 4.91. The zero-order valence-electron chi connectivity index (χ0n) is 22.8. The van der Waals surface area contributed by atoms with Crippen molar-refractivity contribution in [3.05, 3.63) is 89.1 Å². The minimum atomic E-state index is -4.71. The fourth-order valence-corrected chi connectivity index (χ4v) is 6.44. The van der Waals surface area contributed by atoms with E-state index >= 15 is 0 Å². The molecule has 2 N–H and O–H groups in total. The predicted octanol–water partition coefficient (Wildman–Crippen LogP) is 7.23. The molecule has 3 aromatic carbocycles. The summed E-state index contributed by atoms with van der Waals surface area (Å²) in [5.41, 5.74) is 11.6. The number of fused-ring (bicyclic) bond motifs is 1. The first kappa shape index (κ1) is 28.1. The molecule has 1 unspecified atom stereocenters. The van der Waals surface area contributed by atoms with Gasteiger partial charge in [0.2, 0.25) is 0 Å². The van der Waals surface area contributed by atoms with Gasteiger partial charge >= 0.3 is 6.36 Å². The lowest BCUT2D eigenvalue weighted by Crippen LogP contribution is -2.45. The number of alkyl halides is 3. The Morgan fingerprint density at radius 2 is 1.59 bits per heavy atom. The summed E-state index contributed by atoms with van der Waals surface area (Å²) in [6.07, 6.45) is 0.354. The van der Waals surface area contributed by atoms with Gasteiger partial charge in [0.1, 0.15) is 5.75 Å². The molecule has 0 amide bonds. The van der Waals surface area contributed by atoms with Crippen LogP contribution in [0.25, 0.3) is 22.0 Å². The molecule has 6 rings (SSSR count). The Morgan fingerprint density at radius 3 is 2.24 bits per heavy atom. The number of rotatable bonds is 7. The number of piperazine rings is 1. The van der Waals surface area contributed by atoms with E-state index in [1.54, 1.807) is 12.1 Å². The van der Waals surface area contributed by atoms with Crippen molar-refractivity contribution in [3.63, 3.8) is 0 Å². The number of ether oxygens (including phenoxy) is 1.